The van der Waals surface area contributed by atoms with Crippen LogP contribution in [-0.4, -0.2) is 43.5 Å². The fourth-order valence-corrected chi connectivity index (χ4v) is 2.11. The number of amides is 1. The Morgan fingerprint density at radius 1 is 1.47 bits per heavy atom. The topological polar surface area (TPSA) is 59.6 Å². The molecule has 0 spiro atoms. The standard InChI is InChI=1S/C14H28N2O3/c1-5-6-11(16-12-7-8-18-10-12)9-15-13(17)19-14(2,3)4/h11-12,16H,5-10H2,1-4H3,(H,15,17). The van der Waals surface area contributed by atoms with Crippen molar-refractivity contribution in [2.75, 3.05) is 19.8 Å². The van der Waals surface area contributed by atoms with Crippen molar-refractivity contribution >= 4 is 6.09 Å². The summed E-state index contributed by atoms with van der Waals surface area (Å²) in [5.41, 5.74) is -0.447. The van der Waals surface area contributed by atoms with Gasteiger partial charge in [-0.05, 0) is 33.6 Å². The highest BCUT2D eigenvalue weighted by atomic mass is 16.6. The highest BCUT2D eigenvalue weighted by Crippen LogP contribution is 2.08. The Kier molecular flexibility index (Phi) is 6.58. The normalized spacial score (nSPS) is 21.2. The lowest BCUT2D eigenvalue weighted by Crippen LogP contribution is -2.46. The monoisotopic (exact) mass is 272 g/mol. The molecule has 1 fully saturated rings. The van der Waals surface area contributed by atoms with Crippen molar-refractivity contribution in [3.05, 3.63) is 0 Å². The third-order valence-electron chi connectivity index (χ3n) is 2.93. The molecule has 112 valence electrons. The molecule has 1 aliphatic heterocycles. The van der Waals surface area contributed by atoms with Gasteiger partial charge in [-0.25, -0.2) is 4.79 Å². The van der Waals surface area contributed by atoms with Crippen molar-refractivity contribution in [1.82, 2.24) is 10.6 Å². The molecule has 0 aliphatic carbocycles. The largest absolute Gasteiger partial charge is 0.444 e. The van der Waals surface area contributed by atoms with E-state index in [2.05, 4.69) is 17.6 Å². The van der Waals surface area contributed by atoms with Gasteiger partial charge in [0.1, 0.15) is 5.60 Å². The van der Waals surface area contributed by atoms with E-state index in [1.807, 2.05) is 20.8 Å². The number of rotatable bonds is 6. The van der Waals surface area contributed by atoms with E-state index in [1.165, 1.54) is 0 Å². The number of nitrogens with one attached hydrogen (secondary N) is 2. The number of alkyl carbamates (subject to hydrolysis) is 1. The Hall–Kier alpha value is -0.810. The lowest BCUT2D eigenvalue weighted by Gasteiger charge is -2.24. The van der Waals surface area contributed by atoms with Crippen LogP contribution >= 0.6 is 0 Å². The van der Waals surface area contributed by atoms with Crippen molar-refractivity contribution in [1.29, 1.82) is 0 Å². The van der Waals surface area contributed by atoms with Gasteiger partial charge in [-0.15, -0.1) is 0 Å². The Bertz CT molecular complexity index is 270. The molecule has 0 saturated carbocycles. The molecule has 1 heterocycles. The van der Waals surface area contributed by atoms with Gasteiger partial charge in [-0.2, -0.15) is 0 Å². The van der Waals surface area contributed by atoms with Crippen LogP contribution in [-0.2, 0) is 9.47 Å². The lowest BCUT2D eigenvalue weighted by molar-refractivity contribution is 0.0520. The molecule has 19 heavy (non-hydrogen) atoms. The molecule has 0 bridgehead atoms. The Morgan fingerprint density at radius 3 is 2.74 bits per heavy atom. The molecule has 2 atom stereocenters. The first-order chi connectivity index (χ1) is 8.90. The molecule has 1 rings (SSSR count). The van der Waals surface area contributed by atoms with Gasteiger partial charge in [-0.3, -0.25) is 0 Å². The van der Waals surface area contributed by atoms with Gasteiger partial charge >= 0.3 is 6.09 Å². The second kappa shape index (κ2) is 7.70. The first kappa shape index (κ1) is 16.2. The summed E-state index contributed by atoms with van der Waals surface area (Å²) in [6.07, 6.45) is 2.82. The van der Waals surface area contributed by atoms with E-state index in [-0.39, 0.29) is 12.1 Å². The number of hydrogen-bond donors (Lipinski definition) is 2. The van der Waals surface area contributed by atoms with Gasteiger partial charge < -0.3 is 20.1 Å². The molecular formula is C14H28N2O3. The van der Waals surface area contributed by atoms with E-state index in [0.29, 0.717) is 12.6 Å². The maximum absolute atomic E-state index is 11.6. The van der Waals surface area contributed by atoms with E-state index in [9.17, 15) is 4.79 Å². The van der Waals surface area contributed by atoms with Crippen molar-refractivity contribution in [3.63, 3.8) is 0 Å². The molecule has 1 amide bonds. The zero-order chi connectivity index (χ0) is 14.3. The Labute approximate surface area is 116 Å². The minimum absolute atomic E-state index is 0.282. The van der Waals surface area contributed by atoms with E-state index in [1.54, 1.807) is 0 Å². The van der Waals surface area contributed by atoms with E-state index >= 15 is 0 Å². The van der Waals surface area contributed by atoms with Gasteiger partial charge in [0.2, 0.25) is 0 Å². The molecule has 1 aliphatic rings. The van der Waals surface area contributed by atoms with Crippen LogP contribution in [0.1, 0.15) is 47.0 Å². The van der Waals surface area contributed by atoms with E-state index in [0.717, 1.165) is 32.5 Å². The Morgan fingerprint density at radius 2 is 2.21 bits per heavy atom. The van der Waals surface area contributed by atoms with Crippen LogP contribution < -0.4 is 10.6 Å². The molecular weight excluding hydrogens is 244 g/mol. The number of hydrogen-bond acceptors (Lipinski definition) is 4. The SMILES string of the molecule is CCCC(CNC(=O)OC(C)(C)C)NC1CCOC1. The van der Waals surface area contributed by atoms with Crippen molar-refractivity contribution in [2.24, 2.45) is 0 Å². The minimum atomic E-state index is -0.447. The predicted molar refractivity (Wildman–Crippen MR) is 75.3 cm³/mol. The molecule has 0 radical (unpaired) electrons. The summed E-state index contributed by atoms with van der Waals surface area (Å²) in [5, 5.41) is 6.37. The molecule has 1 saturated heterocycles. The van der Waals surface area contributed by atoms with Crippen LogP contribution in [0.25, 0.3) is 0 Å². The van der Waals surface area contributed by atoms with Crippen LogP contribution in [0.5, 0.6) is 0 Å². The summed E-state index contributed by atoms with van der Waals surface area (Å²) >= 11 is 0. The van der Waals surface area contributed by atoms with Gasteiger partial charge in [-0.1, -0.05) is 13.3 Å². The molecule has 0 aromatic carbocycles. The third kappa shape index (κ3) is 7.38. The third-order valence-corrected chi connectivity index (χ3v) is 2.93. The highest BCUT2D eigenvalue weighted by Gasteiger charge is 2.21. The minimum Gasteiger partial charge on any atom is -0.444 e. The van der Waals surface area contributed by atoms with Gasteiger partial charge in [0.15, 0.2) is 0 Å². The first-order valence-electron chi connectivity index (χ1n) is 7.21. The maximum atomic E-state index is 11.6. The fourth-order valence-electron chi connectivity index (χ4n) is 2.11. The zero-order valence-electron chi connectivity index (χ0n) is 12.6. The highest BCUT2D eigenvalue weighted by molar-refractivity contribution is 5.67. The van der Waals surface area contributed by atoms with Crippen molar-refractivity contribution < 1.29 is 14.3 Å². The average molecular weight is 272 g/mol. The van der Waals surface area contributed by atoms with Gasteiger partial charge in [0.05, 0.1) is 6.61 Å². The summed E-state index contributed by atoms with van der Waals surface area (Å²) in [6.45, 7) is 9.94. The number of carbonyl (C=O) groups is 1. The first-order valence-corrected chi connectivity index (χ1v) is 7.21. The molecule has 2 unspecified atom stereocenters. The molecule has 5 heteroatoms. The summed E-state index contributed by atoms with van der Waals surface area (Å²) in [7, 11) is 0. The van der Waals surface area contributed by atoms with E-state index < -0.39 is 5.60 Å². The average Bonchev–Trinajstić information content (AvgIpc) is 2.76. The molecule has 0 aromatic rings. The lowest BCUT2D eigenvalue weighted by atomic mass is 10.1. The summed E-state index contributed by atoms with van der Waals surface area (Å²) in [4.78, 5) is 11.6. The quantitative estimate of drug-likeness (QED) is 0.777. The summed E-state index contributed by atoms with van der Waals surface area (Å²) < 4.78 is 10.6. The van der Waals surface area contributed by atoms with Gasteiger partial charge in [0.25, 0.3) is 0 Å². The van der Waals surface area contributed by atoms with Crippen molar-refractivity contribution in [3.8, 4) is 0 Å². The number of ether oxygens (including phenoxy) is 2. The van der Waals surface area contributed by atoms with Crippen LogP contribution in [0.4, 0.5) is 4.79 Å². The smallest absolute Gasteiger partial charge is 0.407 e. The fraction of sp³-hybridized carbons (Fsp3) is 0.929. The number of carbonyl (C=O) groups excluding carboxylic acids is 1. The molecule has 0 aromatic heterocycles. The predicted octanol–water partition coefficient (Wildman–Crippen LogP) is 2.06. The van der Waals surface area contributed by atoms with Crippen LogP contribution in [0.3, 0.4) is 0 Å². The van der Waals surface area contributed by atoms with Crippen LogP contribution in [0, 0.1) is 0 Å². The summed E-state index contributed by atoms with van der Waals surface area (Å²) in [5.74, 6) is 0. The van der Waals surface area contributed by atoms with E-state index in [4.69, 9.17) is 9.47 Å². The second-order valence-corrected chi connectivity index (χ2v) is 6.10. The van der Waals surface area contributed by atoms with Gasteiger partial charge in [0, 0.05) is 25.2 Å². The Balaban J connectivity index is 2.30. The van der Waals surface area contributed by atoms with Crippen molar-refractivity contribution in [2.45, 2.75) is 64.6 Å². The van der Waals surface area contributed by atoms with Crippen LogP contribution in [0.15, 0.2) is 0 Å². The molecule has 2 N–H and O–H groups in total. The summed E-state index contributed by atoms with van der Waals surface area (Å²) in [6, 6.07) is 0.696. The zero-order valence-corrected chi connectivity index (χ0v) is 12.6. The maximum Gasteiger partial charge on any atom is 0.407 e. The second-order valence-electron chi connectivity index (χ2n) is 6.10. The van der Waals surface area contributed by atoms with Crippen LogP contribution in [0.2, 0.25) is 0 Å². The molecule has 5 nitrogen and oxygen atoms in total.